The molecule has 0 aromatic heterocycles. The quantitative estimate of drug-likeness (QED) is 0.665. The number of hydrogen-bond acceptors (Lipinski definition) is 2. The number of alkyl halides is 3. The van der Waals surface area contributed by atoms with Crippen molar-refractivity contribution in [2.24, 2.45) is 5.10 Å². The Hall–Kier alpha value is -2.05. The fourth-order valence-electron chi connectivity index (χ4n) is 2.66. The van der Waals surface area contributed by atoms with E-state index >= 15 is 0 Å². The first-order valence-electron chi connectivity index (χ1n) is 7.74. The number of hydrazone groups is 1. The molecule has 0 aliphatic carbocycles. The van der Waals surface area contributed by atoms with Crippen LogP contribution in [-0.2, 0) is 17.5 Å². The van der Waals surface area contributed by atoms with E-state index in [-0.39, 0.29) is 18.9 Å². The summed E-state index contributed by atoms with van der Waals surface area (Å²) >= 11 is 12.2. The molecule has 26 heavy (non-hydrogen) atoms. The van der Waals surface area contributed by atoms with Crippen LogP contribution in [0.25, 0.3) is 0 Å². The van der Waals surface area contributed by atoms with Crippen molar-refractivity contribution in [3.05, 3.63) is 69.2 Å². The van der Waals surface area contributed by atoms with Crippen molar-refractivity contribution in [1.82, 2.24) is 5.01 Å². The number of carbonyl (C=O) groups excluding carboxylic acids is 1. The van der Waals surface area contributed by atoms with Gasteiger partial charge < -0.3 is 0 Å². The van der Waals surface area contributed by atoms with Gasteiger partial charge in [-0.1, -0.05) is 47.5 Å². The van der Waals surface area contributed by atoms with Gasteiger partial charge in [0.05, 0.1) is 27.9 Å². The van der Waals surface area contributed by atoms with Gasteiger partial charge in [-0.05, 0) is 23.8 Å². The first-order chi connectivity index (χ1) is 12.3. The number of rotatable bonds is 3. The summed E-state index contributed by atoms with van der Waals surface area (Å²) in [5.74, 6) is -0.260. The molecule has 0 fully saturated rings. The van der Waals surface area contributed by atoms with Crippen molar-refractivity contribution < 1.29 is 18.0 Å². The minimum atomic E-state index is -4.44. The predicted octanol–water partition coefficient (Wildman–Crippen LogP) is 5.54. The van der Waals surface area contributed by atoms with E-state index in [1.807, 2.05) is 0 Å². The highest BCUT2D eigenvalue weighted by Gasteiger charge is 2.31. The third-order valence-corrected chi connectivity index (χ3v) is 4.77. The van der Waals surface area contributed by atoms with Gasteiger partial charge in [-0.2, -0.15) is 18.3 Å². The van der Waals surface area contributed by atoms with Crippen molar-refractivity contribution in [3.8, 4) is 0 Å². The van der Waals surface area contributed by atoms with Crippen LogP contribution in [0.15, 0.2) is 47.6 Å². The van der Waals surface area contributed by atoms with Gasteiger partial charge in [-0.25, -0.2) is 5.01 Å². The lowest BCUT2D eigenvalue weighted by molar-refractivity contribution is -0.137. The monoisotopic (exact) mass is 400 g/mol. The molecule has 0 saturated carbocycles. The van der Waals surface area contributed by atoms with Gasteiger partial charge in [0.25, 0.3) is 0 Å². The van der Waals surface area contributed by atoms with E-state index < -0.39 is 11.7 Å². The Labute approximate surface area is 158 Å². The topological polar surface area (TPSA) is 32.7 Å². The summed E-state index contributed by atoms with van der Waals surface area (Å²) in [5, 5.41) is 6.17. The normalized spacial score (nSPS) is 15.2. The van der Waals surface area contributed by atoms with Crippen LogP contribution in [0, 0.1) is 0 Å². The highest BCUT2D eigenvalue weighted by molar-refractivity contribution is 6.44. The molecular formula is C18H13Cl2F3N2O. The van der Waals surface area contributed by atoms with Crippen LogP contribution in [0.4, 0.5) is 13.2 Å². The summed E-state index contributed by atoms with van der Waals surface area (Å²) in [4.78, 5) is 12.1. The maximum atomic E-state index is 12.9. The molecule has 1 heterocycles. The SMILES string of the molecule is O=C1CCC(c2cccc(Cl)c2Cl)=NN1Cc1cccc(C(F)(F)F)c1. The average molecular weight is 401 g/mol. The first kappa shape index (κ1) is 18.7. The summed E-state index contributed by atoms with van der Waals surface area (Å²) in [6.07, 6.45) is -3.86. The van der Waals surface area contributed by atoms with Gasteiger partial charge in [0, 0.05) is 18.4 Å². The molecule has 1 aliphatic heterocycles. The van der Waals surface area contributed by atoms with Crippen molar-refractivity contribution in [2.75, 3.05) is 0 Å². The number of hydrogen-bond donors (Lipinski definition) is 0. The van der Waals surface area contributed by atoms with Gasteiger partial charge in [0.2, 0.25) is 5.91 Å². The molecule has 2 aromatic carbocycles. The molecule has 0 radical (unpaired) electrons. The zero-order chi connectivity index (χ0) is 18.9. The summed E-state index contributed by atoms with van der Waals surface area (Å²) in [5.41, 5.74) is 0.765. The van der Waals surface area contributed by atoms with E-state index in [1.165, 1.54) is 17.1 Å². The molecule has 0 unspecified atom stereocenters. The minimum Gasteiger partial charge on any atom is -0.273 e. The standard InChI is InChI=1S/C18H13Cl2F3N2O/c19-14-6-2-5-13(17(14)20)15-7-8-16(26)25(24-15)10-11-3-1-4-12(9-11)18(21,22)23/h1-6,9H,7-8,10H2. The van der Waals surface area contributed by atoms with Crippen molar-refractivity contribution in [3.63, 3.8) is 0 Å². The Morgan fingerprint density at radius 1 is 1.08 bits per heavy atom. The van der Waals surface area contributed by atoms with Crippen molar-refractivity contribution >= 4 is 34.8 Å². The average Bonchev–Trinajstić information content (AvgIpc) is 2.59. The maximum absolute atomic E-state index is 12.9. The largest absolute Gasteiger partial charge is 0.416 e. The molecule has 8 heteroatoms. The number of halogens is 5. The predicted molar refractivity (Wildman–Crippen MR) is 94.2 cm³/mol. The van der Waals surface area contributed by atoms with E-state index in [1.54, 1.807) is 18.2 Å². The summed E-state index contributed by atoms with van der Waals surface area (Å²) in [6, 6.07) is 9.95. The molecule has 2 aromatic rings. The Balaban J connectivity index is 1.90. The molecule has 1 amide bonds. The van der Waals surface area contributed by atoms with Crippen LogP contribution in [0.5, 0.6) is 0 Å². The lowest BCUT2D eigenvalue weighted by Gasteiger charge is -2.24. The maximum Gasteiger partial charge on any atom is 0.416 e. The van der Waals surface area contributed by atoms with E-state index in [9.17, 15) is 18.0 Å². The fourth-order valence-corrected chi connectivity index (χ4v) is 3.07. The summed E-state index contributed by atoms with van der Waals surface area (Å²) < 4.78 is 38.6. The van der Waals surface area contributed by atoms with Crippen LogP contribution in [0.1, 0.15) is 29.5 Å². The molecule has 3 nitrogen and oxygen atoms in total. The lowest BCUT2D eigenvalue weighted by Crippen LogP contribution is -2.31. The molecule has 0 N–H and O–H groups in total. The summed E-state index contributed by atoms with van der Waals surface area (Å²) in [6.45, 7) is -0.0512. The van der Waals surface area contributed by atoms with E-state index in [2.05, 4.69) is 5.10 Å². The highest BCUT2D eigenvalue weighted by Crippen LogP contribution is 2.31. The van der Waals surface area contributed by atoms with E-state index in [0.29, 0.717) is 33.3 Å². The summed E-state index contributed by atoms with van der Waals surface area (Å²) in [7, 11) is 0. The van der Waals surface area contributed by atoms with Gasteiger partial charge in [0.1, 0.15) is 0 Å². The molecule has 0 saturated heterocycles. The Morgan fingerprint density at radius 2 is 1.81 bits per heavy atom. The van der Waals surface area contributed by atoms with Crippen LogP contribution in [0.3, 0.4) is 0 Å². The number of benzene rings is 2. The van der Waals surface area contributed by atoms with Gasteiger partial charge in [-0.3, -0.25) is 4.79 Å². The highest BCUT2D eigenvalue weighted by atomic mass is 35.5. The Morgan fingerprint density at radius 3 is 2.54 bits per heavy atom. The van der Waals surface area contributed by atoms with Crippen molar-refractivity contribution in [1.29, 1.82) is 0 Å². The molecule has 1 aliphatic rings. The second-order valence-corrected chi connectivity index (χ2v) is 6.58. The Kier molecular flexibility index (Phi) is 5.25. The van der Waals surface area contributed by atoms with Gasteiger partial charge in [-0.15, -0.1) is 0 Å². The smallest absolute Gasteiger partial charge is 0.273 e. The third kappa shape index (κ3) is 4.02. The second kappa shape index (κ2) is 7.29. The Bertz CT molecular complexity index is 881. The van der Waals surface area contributed by atoms with Crippen LogP contribution >= 0.6 is 23.2 Å². The van der Waals surface area contributed by atoms with E-state index in [0.717, 1.165) is 12.1 Å². The van der Waals surface area contributed by atoms with E-state index in [4.69, 9.17) is 23.2 Å². The first-order valence-corrected chi connectivity index (χ1v) is 8.49. The zero-order valence-corrected chi connectivity index (χ0v) is 14.9. The van der Waals surface area contributed by atoms with Gasteiger partial charge in [0.15, 0.2) is 0 Å². The van der Waals surface area contributed by atoms with Gasteiger partial charge >= 0.3 is 6.18 Å². The third-order valence-electron chi connectivity index (χ3n) is 3.95. The lowest BCUT2D eigenvalue weighted by atomic mass is 10.0. The molecule has 136 valence electrons. The zero-order valence-electron chi connectivity index (χ0n) is 13.4. The molecule has 3 rings (SSSR count). The van der Waals surface area contributed by atoms with Crippen LogP contribution in [0.2, 0.25) is 10.0 Å². The molecular weight excluding hydrogens is 388 g/mol. The van der Waals surface area contributed by atoms with Crippen LogP contribution in [-0.4, -0.2) is 16.6 Å². The van der Waals surface area contributed by atoms with Crippen molar-refractivity contribution in [2.45, 2.75) is 25.6 Å². The molecule has 0 atom stereocenters. The van der Waals surface area contributed by atoms with Crippen LogP contribution < -0.4 is 0 Å². The molecule has 0 spiro atoms. The second-order valence-electron chi connectivity index (χ2n) is 5.80. The number of nitrogens with zero attached hydrogens (tertiary/aromatic N) is 2. The molecule has 0 bridgehead atoms. The fraction of sp³-hybridized carbons (Fsp3) is 0.222. The number of amides is 1. The minimum absolute atomic E-state index is 0.0512. The number of carbonyl (C=O) groups is 1.